The SMILES string of the molecule is O=C(NCc1cccnc1)NCc1ccccc1CN1CCOCC1. The molecule has 0 radical (unpaired) electrons. The van der Waals surface area contributed by atoms with Crippen molar-refractivity contribution < 1.29 is 9.53 Å². The Bertz CT molecular complexity index is 672. The van der Waals surface area contributed by atoms with Gasteiger partial charge in [-0.15, -0.1) is 0 Å². The van der Waals surface area contributed by atoms with Crippen LogP contribution in [0.5, 0.6) is 0 Å². The van der Waals surface area contributed by atoms with Gasteiger partial charge >= 0.3 is 6.03 Å². The molecule has 1 saturated heterocycles. The van der Waals surface area contributed by atoms with E-state index in [1.807, 2.05) is 24.3 Å². The van der Waals surface area contributed by atoms with Crippen molar-refractivity contribution in [2.75, 3.05) is 26.3 Å². The minimum absolute atomic E-state index is 0.176. The van der Waals surface area contributed by atoms with Crippen LogP contribution in [0.2, 0.25) is 0 Å². The summed E-state index contributed by atoms with van der Waals surface area (Å²) in [6.45, 7) is 5.35. The van der Waals surface area contributed by atoms with E-state index in [0.717, 1.165) is 44.0 Å². The first-order valence-electron chi connectivity index (χ1n) is 8.59. The zero-order valence-electron chi connectivity index (χ0n) is 14.3. The van der Waals surface area contributed by atoms with Gasteiger partial charge in [-0.2, -0.15) is 0 Å². The summed E-state index contributed by atoms with van der Waals surface area (Å²) >= 11 is 0. The summed E-state index contributed by atoms with van der Waals surface area (Å²) < 4.78 is 5.40. The summed E-state index contributed by atoms with van der Waals surface area (Å²) in [6.07, 6.45) is 3.47. The lowest BCUT2D eigenvalue weighted by Gasteiger charge is -2.27. The van der Waals surface area contributed by atoms with Gasteiger partial charge in [0.2, 0.25) is 0 Å². The molecule has 2 N–H and O–H groups in total. The highest BCUT2D eigenvalue weighted by Crippen LogP contribution is 2.13. The first-order chi connectivity index (χ1) is 12.3. The highest BCUT2D eigenvalue weighted by Gasteiger charge is 2.13. The third kappa shape index (κ3) is 5.55. The molecule has 0 saturated carbocycles. The Balaban J connectivity index is 1.49. The number of nitrogens with zero attached hydrogens (tertiary/aromatic N) is 2. The minimum Gasteiger partial charge on any atom is -0.379 e. The predicted molar refractivity (Wildman–Crippen MR) is 95.9 cm³/mol. The Morgan fingerprint density at radius 3 is 2.56 bits per heavy atom. The Hall–Kier alpha value is -2.44. The zero-order chi connectivity index (χ0) is 17.3. The van der Waals surface area contributed by atoms with Crippen molar-refractivity contribution in [1.29, 1.82) is 0 Å². The fraction of sp³-hybridized carbons (Fsp3) is 0.368. The first kappa shape index (κ1) is 17.4. The van der Waals surface area contributed by atoms with Gasteiger partial charge in [-0.05, 0) is 22.8 Å². The molecule has 1 aliphatic rings. The maximum Gasteiger partial charge on any atom is 0.315 e. The van der Waals surface area contributed by atoms with Crippen LogP contribution < -0.4 is 10.6 Å². The molecule has 1 aromatic carbocycles. The molecular weight excluding hydrogens is 316 g/mol. The second-order valence-corrected chi connectivity index (χ2v) is 6.05. The van der Waals surface area contributed by atoms with Crippen LogP contribution in [0.25, 0.3) is 0 Å². The van der Waals surface area contributed by atoms with Crippen molar-refractivity contribution >= 4 is 6.03 Å². The molecule has 2 aromatic rings. The fourth-order valence-electron chi connectivity index (χ4n) is 2.81. The van der Waals surface area contributed by atoms with Crippen molar-refractivity contribution in [3.63, 3.8) is 0 Å². The quantitative estimate of drug-likeness (QED) is 0.843. The minimum atomic E-state index is -0.176. The molecule has 0 aliphatic carbocycles. The van der Waals surface area contributed by atoms with Gasteiger partial charge in [-0.3, -0.25) is 9.88 Å². The number of hydrogen-bond acceptors (Lipinski definition) is 4. The monoisotopic (exact) mass is 340 g/mol. The standard InChI is InChI=1S/C19H24N4O2/c24-19(21-13-16-4-3-7-20-12-16)22-14-17-5-1-2-6-18(17)15-23-8-10-25-11-9-23/h1-7,12H,8-11,13-15H2,(H2,21,22,24). The van der Waals surface area contributed by atoms with Gasteiger partial charge in [-0.25, -0.2) is 4.79 Å². The molecule has 0 unspecified atom stereocenters. The summed E-state index contributed by atoms with van der Waals surface area (Å²) in [5, 5.41) is 5.79. The van der Waals surface area contributed by atoms with E-state index in [1.54, 1.807) is 12.4 Å². The molecule has 3 rings (SSSR count). The number of aromatic nitrogens is 1. The van der Waals surface area contributed by atoms with E-state index >= 15 is 0 Å². The average Bonchev–Trinajstić information content (AvgIpc) is 2.67. The highest BCUT2D eigenvalue weighted by molar-refractivity contribution is 5.73. The molecular formula is C19H24N4O2. The Morgan fingerprint density at radius 1 is 1.04 bits per heavy atom. The number of benzene rings is 1. The maximum absolute atomic E-state index is 12.0. The lowest BCUT2D eigenvalue weighted by atomic mass is 10.1. The third-order valence-electron chi connectivity index (χ3n) is 4.23. The summed E-state index contributed by atoms with van der Waals surface area (Å²) in [7, 11) is 0. The molecule has 1 fully saturated rings. The van der Waals surface area contributed by atoms with Gasteiger partial charge in [0.15, 0.2) is 0 Å². The van der Waals surface area contributed by atoms with E-state index in [1.165, 1.54) is 5.56 Å². The number of urea groups is 1. The number of rotatable bonds is 6. The third-order valence-corrected chi connectivity index (χ3v) is 4.23. The Kier molecular flexibility index (Phi) is 6.36. The number of carbonyl (C=O) groups is 1. The number of amides is 2. The summed E-state index contributed by atoms with van der Waals surface area (Å²) in [5.74, 6) is 0. The number of pyridine rings is 1. The maximum atomic E-state index is 12.0. The lowest BCUT2D eigenvalue weighted by molar-refractivity contribution is 0.0341. The number of carbonyl (C=O) groups excluding carboxylic acids is 1. The van der Waals surface area contributed by atoms with Crippen LogP contribution >= 0.6 is 0 Å². The van der Waals surface area contributed by atoms with Gasteiger partial charge < -0.3 is 15.4 Å². The van der Waals surface area contributed by atoms with Crippen LogP contribution in [0.3, 0.4) is 0 Å². The van der Waals surface area contributed by atoms with Crippen LogP contribution in [0.15, 0.2) is 48.8 Å². The second-order valence-electron chi connectivity index (χ2n) is 6.05. The first-order valence-corrected chi connectivity index (χ1v) is 8.59. The average molecular weight is 340 g/mol. The van der Waals surface area contributed by atoms with E-state index in [4.69, 9.17) is 4.74 Å². The van der Waals surface area contributed by atoms with E-state index in [0.29, 0.717) is 13.1 Å². The summed E-state index contributed by atoms with van der Waals surface area (Å²) in [4.78, 5) is 18.4. The van der Waals surface area contributed by atoms with Gasteiger partial charge in [0.25, 0.3) is 0 Å². The van der Waals surface area contributed by atoms with Crippen molar-refractivity contribution in [3.05, 3.63) is 65.5 Å². The van der Waals surface area contributed by atoms with E-state index in [-0.39, 0.29) is 6.03 Å². The number of morpholine rings is 1. The van der Waals surface area contributed by atoms with E-state index < -0.39 is 0 Å². The smallest absolute Gasteiger partial charge is 0.315 e. The molecule has 6 nitrogen and oxygen atoms in total. The van der Waals surface area contributed by atoms with Gasteiger partial charge in [0.1, 0.15) is 0 Å². The van der Waals surface area contributed by atoms with Gasteiger partial charge in [-0.1, -0.05) is 30.3 Å². The van der Waals surface area contributed by atoms with Crippen LogP contribution in [0.1, 0.15) is 16.7 Å². The normalized spacial score (nSPS) is 14.9. The van der Waals surface area contributed by atoms with E-state index in [9.17, 15) is 4.79 Å². The summed E-state index contributed by atoms with van der Waals surface area (Å²) in [6, 6.07) is 11.9. The number of nitrogens with one attached hydrogen (secondary N) is 2. The molecule has 132 valence electrons. The second kappa shape index (κ2) is 9.15. The van der Waals surface area contributed by atoms with Crippen LogP contribution in [0.4, 0.5) is 4.79 Å². The molecule has 2 amide bonds. The van der Waals surface area contributed by atoms with Crippen molar-refractivity contribution in [2.45, 2.75) is 19.6 Å². The number of hydrogen-bond donors (Lipinski definition) is 2. The molecule has 0 bridgehead atoms. The Morgan fingerprint density at radius 2 is 1.80 bits per heavy atom. The molecule has 0 spiro atoms. The molecule has 0 atom stereocenters. The lowest BCUT2D eigenvalue weighted by Crippen LogP contribution is -2.37. The Labute approximate surface area is 148 Å². The van der Waals surface area contributed by atoms with Crippen LogP contribution in [0, 0.1) is 0 Å². The molecule has 2 heterocycles. The molecule has 6 heteroatoms. The van der Waals surface area contributed by atoms with Gasteiger partial charge in [0.05, 0.1) is 13.2 Å². The summed E-state index contributed by atoms with van der Waals surface area (Å²) in [5.41, 5.74) is 3.37. The predicted octanol–water partition coefficient (Wildman–Crippen LogP) is 1.91. The topological polar surface area (TPSA) is 66.5 Å². The fourth-order valence-corrected chi connectivity index (χ4v) is 2.81. The highest BCUT2D eigenvalue weighted by atomic mass is 16.5. The largest absolute Gasteiger partial charge is 0.379 e. The van der Waals surface area contributed by atoms with Crippen LogP contribution in [-0.4, -0.2) is 42.2 Å². The molecule has 25 heavy (non-hydrogen) atoms. The molecule has 1 aliphatic heterocycles. The van der Waals surface area contributed by atoms with Crippen LogP contribution in [-0.2, 0) is 24.4 Å². The van der Waals surface area contributed by atoms with E-state index in [2.05, 4.69) is 32.7 Å². The van der Waals surface area contributed by atoms with Crippen molar-refractivity contribution in [1.82, 2.24) is 20.5 Å². The van der Waals surface area contributed by atoms with Crippen molar-refractivity contribution in [3.8, 4) is 0 Å². The number of ether oxygens (including phenoxy) is 1. The van der Waals surface area contributed by atoms with Gasteiger partial charge in [0, 0.05) is 45.1 Å². The van der Waals surface area contributed by atoms with Crippen molar-refractivity contribution in [2.24, 2.45) is 0 Å². The zero-order valence-corrected chi connectivity index (χ0v) is 14.3. The molecule has 1 aromatic heterocycles.